The minimum Gasteiger partial charge on any atom is -0.508 e. The van der Waals surface area contributed by atoms with Gasteiger partial charge >= 0.3 is 11.9 Å². The lowest BCUT2D eigenvalue weighted by Gasteiger charge is -2.43. The van der Waals surface area contributed by atoms with E-state index in [1.54, 1.807) is 56.3 Å². The predicted molar refractivity (Wildman–Crippen MR) is 275 cm³/mol. The van der Waals surface area contributed by atoms with Crippen LogP contribution < -0.4 is 32.3 Å². The van der Waals surface area contributed by atoms with Gasteiger partial charge in [0.1, 0.15) is 60.4 Å². The Morgan fingerprint density at radius 2 is 1.48 bits per heavy atom. The van der Waals surface area contributed by atoms with Crippen LogP contribution in [0, 0.1) is 11.3 Å². The third-order valence-corrected chi connectivity index (χ3v) is 13.5. The number of piperidine rings is 1. The van der Waals surface area contributed by atoms with Crippen molar-refractivity contribution in [2.24, 2.45) is 11.7 Å². The van der Waals surface area contributed by atoms with Crippen LogP contribution in [0.1, 0.15) is 129 Å². The molecule has 2 fully saturated rings. The van der Waals surface area contributed by atoms with Crippen LogP contribution in [0.15, 0.2) is 54.6 Å². The Kier molecular flexibility index (Phi) is 23.9. The van der Waals surface area contributed by atoms with Gasteiger partial charge in [0.15, 0.2) is 0 Å². The molecule has 9 unspecified atom stereocenters. The maximum atomic E-state index is 15.1. The molecule has 2 saturated heterocycles. The average Bonchev–Trinajstić information content (AvgIpc) is 3.35. The quantitative estimate of drug-likeness (QED) is 0.0350. The lowest BCUT2D eigenvalue weighted by atomic mass is 9.95. The molecule has 0 spiro atoms. The summed E-state index contributed by atoms with van der Waals surface area (Å²) in [6, 6.07) is 4.25. The number of carboxylic acid groups (broad SMARTS) is 1. The number of likely N-dealkylation sites (N-methyl/N-ethyl adjacent to an activating group) is 1. The number of rotatable bonds is 22. The van der Waals surface area contributed by atoms with Gasteiger partial charge in [-0.05, 0) is 81.0 Å². The molecule has 2 bridgehead atoms. The van der Waals surface area contributed by atoms with Gasteiger partial charge in [-0.3, -0.25) is 43.8 Å². The molecule has 4 rings (SSSR count). The number of aromatic hydroxyl groups is 1. The van der Waals surface area contributed by atoms with Crippen molar-refractivity contribution in [3.05, 3.63) is 65.7 Å². The van der Waals surface area contributed by atoms with E-state index in [2.05, 4.69) is 26.6 Å². The molecule has 75 heavy (non-hydrogen) atoms. The molecule has 0 aromatic heterocycles. The number of esters is 1. The lowest BCUT2D eigenvalue weighted by molar-refractivity contribution is -0.165. The van der Waals surface area contributed by atoms with Gasteiger partial charge in [-0.25, -0.2) is 4.79 Å². The van der Waals surface area contributed by atoms with E-state index in [0.29, 0.717) is 24.0 Å². The summed E-state index contributed by atoms with van der Waals surface area (Å²) in [5.41, 5.74) is 6.87. The fourth-order valence-electron chi connectivity index (χ4n) is 9.13. The second kappa shape index (κ2) is 29.7. The van der Waals surface area contributed by atoms with E-state index in [9.17, 15) is 53.7 Å². The molecule has 2 aliphatic heterocycles. The molecule has 0 radical (unpaired) electrons. The van der Waals surface area contributed by atoms with Crippen molar-refractivity contribution < 1.29 is 63.2 Å². The number of aliphatic hydroxyl groups is 1. The van der Waals surface area contributed by atoms with Gasteiger partial charge in [-0.15, -0.1) is 0 Å². The van der Waals surface area contributed by atoms with Crippen molar-refractivity contribution in [3.63, 3.8) is 0 Å². The number of aliphatic hydroxyl groups excluding tert-OH is 1. The van der Waals surface area contributed by atoms with E-state index < -0.39 is 120 Å². The summed E-state index contributed by atoms with van der Waals surface area (Å²) in [4.78, 5) is 129. The number of cyclic esters (lactones) is 1. The lowest BCUT2D eigenvalue weighted by Crippen LogP contribution is -2.65. The molecule has 2 aromatic carbocycles. The Hall–Kier alpha value is -7.10. The monoisotopic (exact) mass is 1050 g/mol. The number of fused-ring (bicyclic) bond motifs is 2. The van der Waals surface area contributed by atoms with Gasteiger partial charge in [0.25, 0.3) is 0 Å². The number of nitrogens with one attached hydrogen (secondary N) is 6. The third-order valence-electron chi connectivity index (χ3n) is 13.5. The number of nitrogens with zero attached hydrogens (tertiary/aromatic N) is 2. The van der Waals surface area contributed by atoms with Crippen molar-refractivity contribution in [2.45, 2.75) is 185 Å². The zero-order valence-electron chi connectivity index (χ0n) is 43.7. The zero-order chi connectivity index (χ0) is 55.4. The van der Waals surface area contributed by atoms with Crippen LogP contribution in [0.5, 0.6) is 5.75 Å². The molecule has 2 heterocycles. The molecule has 7 amide bonds. The minimum absolute atomic E-state index is 0.000963. The number of carboxylic acids is 1. The van der Waals surface area contributed by atoms with Crippen LogP contribution in [0.3, 0.4) is 0 Å². The van der Waals surface area contributed by atoms with Gasteiger partial charge in [0.05, 0.1) is 12.3 Å². The number of hydrogen-bond acceptors (Lipinski definition) is 13. The summed E-state index contributed by atoms with van der Waals surface area (Å²) in [6.07, 6.45) is 0.333. The second-order valence-electron chi connectivity index (χ2n) is 19.8. The number of ether oxygens (including phenoxy) is 1. The smallest absolute Gasteiger partial charge is 0.329 e. The first-order valence-corrected chi connectivity index (χ1v) is 26.0. The first-order valence-electron chi connectivity index (χ1n) is 26.0. The molecular formula is C53H77N9O13. The number of unbranched alkanes of at least 4 members (excludes halogenated alkanes) is 5. The van der Waals surface area contributed by atoms with Crippen molar-refractivity contribution in [1.29, 1.82) is 5.41 Å². The highest BCUT2D eigenvalue weighted by Gasteiger charge is 2.46. The van der Waals surface area contributed by atoms with E-state index in [0.717, 1.165) is 35.5 Å². The number of carbonyl (C=O) groups excluding carboxylic acids is 8. The van der Waals surface area contributed by atoms with E-state index in [1.807, 2.05) is 6.92 Å². The standard InChI is InChI=1S/C53H77N9O13/c1-6-7-8-9-13-20-42(64)56-38(30-44(66)67)48(69)60-46-32(4)75-53(74)45(31(2)3)59-49(70)39(27-23-33-21-24-35(63)25-22-33)61(5)52(73)40(29-34-16-11-10-12-17-34)62-43(65)28-26-37(51(62)72)58-47(68)36(57-50(46)71)18-14-15-19-41(54)55/h10-12,16-17,21-22,24-25,31-32,36-40,43,45-46,63,65H,6-9,13-15,18-20,23,26-30H2,1-5H3,(H3,54,55)(H,56,64)(H,57,71)(H,58,68)(H,59,70)(H,60,69)(H,66,67). The Bertz CT molecular complexity index is 2300. The summed E-state index contributed by atoms with van der Waals surface area (Å²) in [5, 5.41) is 51.9. The van der Waals surface area contributed by atoms with Crippen LogP contribution in [0.2, 0.25) is 0 Å². The number of aliphatic carboxylic acids is 1. The van der Waals surface area contributed by atoms with E-state index in [4.69, 9.17) is 15.9 Å². The highest BCUT2D eigenvalue weighted by molar-refractivity contribution is 5.99. The second-order valence-corrected chi connectivity index (χ2v) is 19.8. The predicted octanol–water partition coefficient (Wildman–Crippen LogP) is 2.06. The van der Waals surface area contributed by atoms with E-state index in [1.165, 1.54) is 26.1 Å². The first-order chi connectivity index (χ1) is 35.6. The highest BCUT2D eigenvalue weighted by atomic mass is 16.5. The highest BCUT2D eigenvalue weighted by Crippen LogP contribution is 2.26. The number of aryl methyl sites for hydroxylation is 1. The molecule has 9 atom stereocenters. The van der Waals surface area contributed by atoms with Crippen molar-refractivity contribution in [1.82, 2.24) is 36.4 Å². The normalized spacial score (nSPS) is 23.6. The molecule has 412 valence electrons. The number of nitrogens with two attached hydrogens (primary N) is 1. The van der Waals surface area contributed by atoms with Crippen molar-refractivity contribution in [3.8, 4) is 5.75 Å². The topological polar surface area (TPSA) is 340 Å². The number of phenols is 1. The van der Waals surface area contributed by atoms with Gasteiger partial charge in [0.2, 0.25) is 41.4 Å². The van der Waals surface area contributed by atoms with Crippen LogP contribution in [-0.4, -0.2) is 146 Å². The molecule has 2 aromatic rings. The van der Waals surface area contributed by atoms with Crippen LogP contribution >= 0.6 is 0 Å². The van der Waals surface area contributed by atoms with Crippen LogP contribution in [0.4, 0.5) is 0 Å². The number of amidine groups is 1. The Morgan fingerprint density at radius 1 is 0.813 bits per heavy atom. The fraction of sp³-hybridized carbons (Fsp3) is 0.585. The fourth-order valence-corrected chi connectivity index (χ4v) is 9.13. The Morgan fingerprint density at radius 3 is 2.12 bits per heavy atom. The first kappa shape index (κ1) is 60.5. The third kappa shape index (κ3) is 18.7. The number of hydrogen-bond donors (Lipinski definition) is 10. The molecular weight excluding hydrogens is 971 g/mol. The van der Waals surface area contributed by atoms with E-state index >= 15 is 4.79 Å². The summed E-state index contributed by atoms with van der Waals surface area (Å²) < 4.78 is 5.87. The average molecular weight is 1050 g/mol. The molecule has 0 saturated carbocycles. The van der Waals surface area contributed by atoms with Gasteiger partial charge in [-0.2, -0.15) is 0 Å². The van der Waals surface area contributed by atoms with E-state index in [-0.39, 0.29) is 69.4 Å². The largest absolute Gasteiger partial charge is 0.508 e. The SMILES string of the molecule is CCCCCCCC(=O)NC(CC(=O)O)C(=O)NC1C(=O)NC(CCCCC(=N)N)C(=O)NC2CCC(O)N(C2=O)C(Cc2ccccc2)C(=O)N(C)C(CCc2ccc(O)cc2)C(=O)NC(C(C)C)C(=O)OC1C. The number of carbonyl (C=O) groups is 9. The Balaban J connectivity index is 1.84. The number of amides is 7. The van der Waals surface area contributed by atoms with Gasteiger partial charge in [-0.1, -0.05) is 95.3 Å². The molecule has 22 heteroatoms. The summed E-state index contributed by atoms with van der Waals surface area (Å²) in [7, 11) is 1.36. The molecule has 11 N–H and O–H groups in total. The summed E-state index contributed by atoms with van der Waals surface area (Å²) in [5.74, 6) is -9.47. The number of phenolic OH excluding ortho intramolecular Hbond substituents is 1. The molecule has 0 aliphatic carbocycles. The zero-order valence-corrected chi connectivity index (χ0v) is 43.7. The Labute approximate surface area is 438 Å². The van der Waals surface area contributed by atoms with Crippen molar-refractivity contribution in [2.75, 3.05) is 7.05 Å². The molecule has 2 aliphatic rings. The van der Waals surface area contributed by atoms with Crippen LogP contribution in [0.25, 0.3) is 0 Å². The van der Waals surface area contributed by atoms with Crippen molar-refractivity contribution >= 4 is 59.1 Å². The minimum atomic E-state index is -1.87. The van der Waals surface area contributed by atoms with Gasteiger partial charge < -0.3 is 62.2 Å². The summed E-state index contributed by atoms with van der Waals surface area (Å²) >= 11 is 0. The maximum absolute atomic E-state index is 15.1. The van der Waals surface area contributed by atoms with Crippen LogP contribution in [-0.2, 0) is 60.7 Å². The summed E-state index contributed by atoms with van der Waals surface area (Å²) in [6.45, 7) is 6.50. The molecule has 22 nitrogen and oxygen atoms in total. The maximum Gasteiger partial charge on any atom is 0.329 e. The number of benzene rings is 2. The van der Waals surface area contributed by atoms with Gasteiger partial charge in [0, 0.05) is 26.3 Å².